The second kappa shape index (κ2) is 7.95. The van der Waals surface area contributed by atoms with Crippen LogP contribution >= 0.6 is 0 Å². The molecule has 2 unspecified atom stereocenters. The molecule has 1 saturated heterocycles. The van der Waals surface area contributed by atoms with Gasteiger partial charge in [-0.3, -0.25) is 9.59 Å². The van der Waals surface area contributed by atoms with Crippen molar-refractivity contribution in [3.63, 3.8) is 0 Å². The highest BCUT2D eigenvalue weighted by Crippen LogP contribution is 2.31. The Balaban J connectivity index is 1.82. The van der Waals surface area contributed by atoms with E-state index in [-0.39, 0.29) is 30.4 Å². The quantitative estimate of drug-likeness (QED) is 0.784. The summed E-state index contributed by atoms with van der Waals surface area (Å²) >= 11 is 0. The standard InChI is InChI=1S/C17H30N2O3/c1-12-5-7-15(8-6-12)19-11-14(10-16(19)21)17(22)18-13(2)4-3-9-20/h12-15,20H,3-11H2,1-2H3,(H,18,22). The normalized spacial score (nSPS) is 30.4. The number of likely N-dealkylation sites (tertiary alicyclic amines) is 1. The van der Waals surface area contributed by atoms with Gasteiger partial charge in [0, 0.05) is 31.7 Å². The largest absolute Gasteiger partial charge is 0.396 e. The minimum Gasteiger partial charge on any atom is -0.396 e. The molecule has 0 spiro atoms. The van der Waals surface area contributed by atoms with Gasteiger partial charge >= 0.3 is 0 Å². The Morgan fingerprint density at radius 1 is 1.36 bits per heavy atom. The number of hydrogen-bond donors (Lipinski definition) is 2. The molecule has 5 heteroatoms. The number of carbonyl (C=O) groups is 2. The maximum Gasteiger partial charge on any atom is 0.225 e. The average Bonchev–Trinajstić information content (AvgIpc) is 2.88. The van der Waals surface area contributed by atoms with Gasteiger partial charge in [0.15, 0.2) is 0 Å². The summed E-state index contributed by atoms with van der Waals surface area (Å²) in [6.45, 7) is 4.95. The predicted molar refractivity (Wildman–Crippen MR) is 85.2 cm³/mol. The van der Waals surface area contributed by atoms with Crippen LogP contribution in [-0.2, 0) is 9.59 Å². The van der Waals surface area contributed by atoms with Crippen molar-refractivity contribution in [3.05, 3.63) is 0 Å². The Hall–Kier alpha value is -1.10. The van der Waals surface area contributed by atoms with E-state index in [4.69, 9.17) is 5.11 Å². The third-order valence-electron chi connectivity index (χ3n) is 5.14. The number of rotatable bonds is 6. The topological polar surface area (TPSA) is 69.6 Å². The van der Waals surface area contributed by atoms with E-state index in [0.717, 1.165) is 25.2 Å². The van der Waals surface area contributed by atoms with Gasteiger partial charge < -0.3 is 15.3 Å². The van der Waals surface area contributed by atoms with E-state index in [2.05, 4.69) is 12.2 Å². The number of nitrogens with one attached hydrogen (secondary N) is 1. The lowest BCUT2D eigenvalue weighted by atomic mass is 9.87. The Labute approximate surface area is 133 Å². The third kappa shape index (κ3) is 4.45. The molecule has 0 aromatic rings. The van der Waals surface area contributed by atoms with Crippen molar-refractivity contribution in [3.8, 4) is 0 Å². The SMILES string of the molecule is CC1CCC(N2CC(C(=O)NC(C)CCCO)CC2=O)CC1. The van der Waals surface area contributed by atoms with Crippen LogP contribution in [0.4, 0.5) is 0 Å². The Bertz CT molecular complexity index is 391. The zero-order valence-corrected chi connectivity index (χ0v) is 13.9. The molecule has 5 nitrogen and oxygen atoms in total. The molecule has 0 radical (unpaired) electrons. The molecule has 2 N–H and O–H groups in total. The van der Waals surface area contributed by atoms with Gasteiger partial charge in [-0.1, -0.05) is 6.92 Å². The smallest absolute Gasteiger partial charge is 0.225 e. The molecule has 126 valence electrons. The number of carbonyl (C=O) groups excluding carboxylic acids is 2. The van der Waals surface area contributed by atoms with Crippen molar-refractivity contribution in [2.75, 3.05) is 13.2 Å². The summed E-state index contributed by atoms with van der Waals surface area (Å²) in [6, 6.07) is 0.396. The van der Waals surface area contributed by atoms with Crippen LogP contribution in [0.15, 0.2) is 0 Å². The van der Waals surface area contributed by atoms with Gasteiger partial charge in [-0.2, -0.15) is 0 Å². The van der Waals surface area contributed by atoms with Crippen molar-refractivity contribution in [2.45, 2.75) is 70.9 Å². The molecule has 2 aliphatic rings. The van der Waals surface area contributed by atoms with E-state index in [0.29, 0.717) is 25.4 Å². The van der Waals surface area contributed by atoms with Crippen molar-refractivity contribution >= 4 is 11.8 Å². The fourth-order valence-corrected chi connectivity index (χ4v) is 3.64. The van der Waals surface area contributed by atoms with Crippen molar-refractivity contribution in [2.24, 2.45) is 11.8 Å². The second-order valence-electron chi connectivity index (χ2n) is 7.14. The van der Waals surface area contributed by atoms with Gasteiger partial charge in [-0.15, -0.1) is 0 Å². The summed E-state index contributed by atoms with van der Waals surface area (Å²) in [5, 5.41) is 11.8. The molecular weight excluding hydrogens is 280 g/mol. The minimum atomic E-state index is -0.205. The summed E-state index contributed by atoms with van der Waals surface area (Å²) < 4.78 is 0. The molecular formula is C17H30N2O3. The molecule has 2 rings (SSSR count). The van der Waals surface area contributed by atoms with E-state index in [9.17, 15) is 9.59 Å². The van der Waals surface area contributed by atoms with E-state index < -0.39 is 0 Å². The zero-order valence-electron chi connectivity index (χ0n) is 13.9. The van der Waals surface area contributed by atoms with Crippen LogP contribution in [0.1, 0.15) is 58.8 Å². The van der Waals surface area contributed by atoms with Gasteiger partial charge in [-0.25, -0.2) is 0 Å². The molecule has 0 bridgehead atoms. The van der Waals surface area contributed by atoms with E-state index in [1.54, 1.807) is 0 Å². The fourth-order valence-electron chi connectivity index (χ4n) is 3.64. The molecule has 1 aliphatic heterocycles. The average molecular weight is 310 g/mol. The highest BCUT2D eigenvalue weighted by molar-refractivity contribution is 5.89. The maximum atomic E-state index is 12.3. The lowest BCUT2D eigenvalue weighted by Crippen LogP contribution is -2.41. The number of aliphatic hydroxyl groups excluding tert-OH is 1. The van der Waals surface area contributed by atoms with Crippen molar-refractivity contribution in [1.82, 2.24) is 10.2 Å². The first-order valence-corrected chi connectivity index (χ1v) is 8.72. The first-order valence-electron chi connectivity index (χ1n) is 8.72. The van der Waals surface area contributed by atoms with Crippen LogP contribution in [0.3, 0.4) is 0 Å². The summed E-state index contributed by atoms with van der Waals surface area (Å²) in [6.07, 6.45) is 6.34. The van der Waals surface area contributed by atoms with Crippen LogP contribution < -0.4 is 5.32 Å². The van der Waals surface area contributed by atoms with Crippen molar-refractivity contribution < 1.29 is 14.7 Å². The number of nitrogens with zero attached hydrogens (tertiary/aromatic N) is 1. The Morgan fingerprint density at radius 2 is 2.05 bits per heavy atom. The minimum absolute atomic E-state index is 0.00883. The molecule has 0 aromatic carbocycles. The van der Waals surface area contributed by atoms with Crippen LogP contribution in [-0.4, -0.2) is 47.1 Å². The predicted octanol–water partition coefficient (Wildman–Crippen LogP) is 1.69. The molecule has 1 saturated carbocycles. The summed E-state index contributed by atoms with van der Waals surface area (Å²) in [7, 11) is 0. The van der Waals surface area contributed by atoms with Crippen LogP contribution in [0.5, 0.6) is 0 Å². The first-order chi connectivity index (χ1) is 10.5. The van der Waals surface area contributed by atoms with E-state index in [1.807, 2.05) is 11.8 Å². The van der Waals surface area contributed by atoms with Gasteiger partial charge in [0.25, 0.3) is 0 Å². The lowest BCUT2D eigenvalue weighted by molar-refractivity contribution is -0.131. The summed E-state index contributed by atoms with van der Waals surface area (Å²) in [5.74, 6) is 0.692. The molecule has 1 aliphatic carbocycles. The van der Waals surface area contributed by atoms with E-state index in [1.165, 1.54) is 12.8 Å². The summed E-state index contributed by atoms with van der Waals surface area (Å²) in [4.78, 5) is 26.5. The highest BCUT2D eigenvalue weighted by atomic mass is 16.3. The van der Waals surface area contributed by atoms with Gasteiger partial charge in [-0.05, 0) is 51.4 Å². The molecule has 0 aromatic heterocycles. The monoisotopic (exact) mass is 310 g/mol. The first kappa shape index (κ1) is 17.3. The van der Waals surface area contributed by atoms with Crippen molar-refractivity contribution in [1.29, 1.82) is 0 Å². The van der Waals surface area contributed by atoms with Crippen LogP contribution in [0.25, 0.3) is 0 Å². The number of amides is 2. The fraction of sp³-hybridized carbons (Fsp3) is 0.882. The molecule has 2 fully saturated rings. The summed E-state index contributed by atoms with van der Waals surface area (Å²) in [5.41, 5.74) is 0. The number of aliphatic hydroxyl groups is 1. The molecule has 2 amide bonds. The maximum absolute atomic E-state index is 12.3. The molecule has 22 heavy (non-hydrogen) atoms. The van der Waals surface area contributed by atoms with Crippen LogP contribution in [0.2, 0.25) is 0 Å². The van der Waals surface area contributed by atoms with Crippen LogP contribution in [0, 0.1) is 11.8 Å². The Kier molecular flexibility index (Phi) is 6.24. The number of hydrogen-bond acceptors (Lipinski definition) is 3. The highest BCUT2D eigenvalue weighted by Gasteiger charge is 2.38. The molecule has 2 atom stereocenters. The lowest BCUT2D eigenvalue weighted by Gasteiger charge is -2.33. The molecule has 1 heterocycles. The van der Waals surface area contributed by atoms with Gasteiger partial charge in [0.05, 0.1) is 5.92 Å². The van der Waals surface area contributed by atoms with E-state index >= 15 is 0 Å². The van der Waals surface area contributed by atoms with Gasteiger partial charge in [0.1, 0.15) is 0 Å². The van der Waals surface area contributed by atoms with Gasteiger partial charge in [0.2, 0.25) is 11.8 Å². The third-order valence-corrected chi connectivity index (χ3v) is 5.14. The second-order valence-corrected chi connectivity index (χ2v) is 7.14. The zero-order chi connectivity index (χ0) is 16.1. The Morgan fingerprint density at radius 3 is 2.68 bits per heavy atom.